The second-order valence-corrected chi connectivity index (χ2v) is 4.59. The van der Waals surface area contributed by atoms with Gasteiger partial charge in [-0.05, 0) is 30.8 Å². The number of aryl methyl sites for hydroxylation is 1. The van der Waals surface area contributed by atoms with Crippen molar-refractivity contribution in [3.63, 3.8) is 0 Å². The predicted octanol–water partition coefficient (Wildman–Crippen LogP) is 2.74. The molecule has 0 fully saturated rings. The Labute approximate surface area is 111 Å². The molecule has 0 radical (unpaired) electrons. The molecule has 0 aliphatic heterocycles. The van der Waals surface area contributed by atoms with Crippen molar-refractivity contribution in [1.29, 1.82) is 0 Å². The Morgan fingerprint density at radius 3 is 2.79 bits per heavy atom. The van der Waals surface area contributed by atoms with E-state index in [0.29, 0.717) is 5.69 Å². The number of hydrogen-bond donors (Lipinski definition) is 1. The van der Waals surface area contributed by atoms with Crippen LogP contribution in [0.25, 0.3) is 0 Å². The van der Waals surface area contributed by atoms with Gasteiger partial charge >= 0.3 is 5.97 Å². The van der Waals surface area contributed by atoms with Gasteiger partial charge in [0.2, 0.25) is 0 Å². The maximum Gasteiger partial charge on any atom is 0.335 e. The number of nitrogens with zero attached hydrogens (tertiary/aromatic N) is 2. The zero-order valence-corrected chi connectivity index (χ0v) is 10.5. The van der Waals surface area contributed by atoms with E-state index < -0.39 is 10.9 Å². The molecule has 0 aliphatic rings. The van der Waals surface area contributed by atoms with Crippen LogP contribution in [-0.4, -0.2) is 21.0 Å². The maximum atomic E-state index is 10.9. The number of oxazole rings is 1. The second kappa shape index (κ2) is 5.11. The van der Waals surface area contributed by atoms with Gasteiger partial charge in [-0.15, -0.1) is 0 Å². The van der Waals surface area contributed by atoms with E-state index in [1.807, 2.05) is 0 Å². The minimum absolute atomic E-state index is 0.139. The summed E-state index contributed by atoms with van der Waals surface area (Å²) in [6.07, 6.45) is 1.43. The minimum atomic E-state index is -1.22. The molecule has 0 unspecified atom stereocenters. The first kappa shape index (κ1) is 13.1. The maximum absolute atomic E-state index is 10.9. The number of carbonyl (C=O) groups is 1. The van der Waals surface area contributed by atoms with Gasteiger partial charge in [-0.2, -0.15) is 0 Å². The number of aromatic nitrogens is 1. The lowest BCUT2D eigenvalue weighted by Crippen LogP contribution is -1.99. The first-order valence-corrected chi connectivity index (χ1v) is 5.90. The van der Waals surface area contributed by atoms with Gasteiger partial charge in [-0.1, -0.05) is 0 Å². The molecule has 2 rings (SSSR count). The number of carboxylic acids is 1. The van der Waals surface area contributed by atoms with E-state index in [2.05, 4.69) is 4.98 Å². The molecule has 0 saturated carbocycles. The van der Waals surface area contributed by atoms with Crippen LogP contribution < -0.4 is 0 Å². The summed E-state index contributed by atoms with van der Waals surface area (Å²) in [6, 6.07) is 3.68. The average Bonchev–Trinajstić information content (AvgIpc) is 2.74. The first-order chi connectivity index (χ1) is 8.97. The number of hydrogen-bond acceptors (Lipinski definition) is 6. The van der Waals surface area contributed by atoms with E-state index in [9.17, 15) is 14.9 Å². The highest BCUT2D eigenvalue weighted by molar-refractivity contribution is 7.99. The lowest BCUT2D eigenvalue weighted by molar-refractivity contribution is -0.387. The average molecular weight is 280 g/mol. The summed E-state index contributed by atoms with van der Waals surface area (Å²) in [5.41, 5.74) is 0.229. The van der Waals surface area contributed by atoms with Crippen LogP contribution in [-0.2, 0) is 0 Å². The van der Waals surface area contributed by atoms with Gasteiger partial charge in [0.05, 0.1) is 21.1 Å². The third kappa shape index (κ3) is 2.91. The topological polar surface area (TPSA) is 106 Å². The highest BCUT2D eigenvalue weighted by Crippen LogP contribution is 2.34. The highest BCUT2D eigenvalue weighted by atomic mass is 32.2. The molecule has 0 saturated heterocycles. The Morgan fingerprint density at radius 1 is 1.53 bits per heavy atom. The minimum Gasteiger partial charge on any atom is -0.478 e. The molecule has 1 heterocycles. The van der Waals surface area contributed by atoms with Crippen molar-refractivity contribution in [3.8, 4) is 0 Å². The fraction of sp³-hybridized carbons (Fsp3) is 0.0909. The molecule has 0 aliphatic carbocycles. The molecule has 19 heavy (non-hydrogen) atoms. The van der Waals surface area contributed by atoms with Crippen molar-refractivity contribution in [2.75, 3.05) is 0 Å². The molecular weight excluding hydrogens is 272 g/mol. The zero-order valence-electron chi connectivity index (χ0n) is 9.69. The number of benzene rings is 1. The van der Waals surface area contributed by atoms with Crippen LogP contribution in [0.4, 0.5) is 5.69 Å². The summed E-state index contributed by atoms with van der Waals surface area (Å²) in [4.78, 5) is 25.4. The Hall–Kier alpha value is -2.35. The van der Waals surface area contributed by atoms with Gasteiger partial charge in [0, 0.05) is 6.07 Å². The van der Waals surface area contributed by atoms with Crippen LogP contribution in [0.3, 0.4) is 0 Å². The second-order valence-electron chi connectivity index (χ2n) is 3.60. The van der Waals surface area contributed by atoms with Gasteiger partial charge < -0.3 is 9.52 Å². The van der Waals surface area contributed by atoms with E-state index in [1.54, 1.807) is 6.92 Å². The van der Waals surface area contributed by atoms with Crippen LogP contribution in [0.2, 0.25) is 0 Å². The molecule has 1 N–H and O–H groups in total. The fourth-order valence-corrected chi connectivity index (χ4v) is 2.20. The zero-order chi connectivity index (χ0) is 14.0. The van der Waals surface area contributed by atoms with Crippen LogP contribution >= 0.6 is 11.8 Å². The van der Waals surface area contributed by atoms with Crippen LogP contribution in [0.1, 0.15) is 16.1 Å². The Balaban J connectivity index is 2.39. The molecular formula is C11H8N2O5S. The number of nitro groups is 1. The van der Waals surface area contributed by atoms with E-state index in [-0.39, 0.29) is 21.4 Å². The van der Waals surface area contributed by atoms with Crippen molar-refractivity contribution in [2.24, 2.45) is 0 Å². The van der Waals surface area contributed by atoms with Crippen molar-refractivity contribution < 1.29 is 19.2 Å². The highest BCUT2D eigenvalue weighted by Gasteiger charge is 2.19. The lowest BCUT2D eigenvalue weighted by atomic mass is 10.2. The van der Waals surface area contributed by atoms with Gasteiger partial charge in [0.15, 0.2) is 0 Å². The SMILES string of the molecule is Cc1coc(Sc2ccc(C(=O)O)cc2[N+](=O)[O-])n1. The summed E-state index contributed by atoms with van der Waals surface area (Å²) in [7, 11) is 0. The van der Waals surface area contributed by atoms with Crippen molar-refractivity contribution in [1.82, 2.24) is 4.98 Å². The molecule has 0 spiro atoms. The quantitative estimate of drug-likeness (QED) is 0.677. The molecule has 98 valence electrons. The third-order valence-electron chi connectivity index (χ3n) is 2.20. The van der Waals surface area contributed by atoms with E-state index >= 15 is 0 Å². The summed E-state index contributed by atoms with van der Waals surface area (Å²) in [6.45, 7) is 1.73. The lowest BCUT2D eigenvalue weighted by Gasteiger charge is -2.01. The monoisotopic (exact) mass is 280 g/mol. The smallest absolute Gasteiger partial charge is 0.335 e. The predicted molar refractivity (Wildman–Crippen MR) is 65.4 cm³/mol. The number of carboxylic acid groups (broad SMARTS) is 1. The number of rotatable bonds is 4. The van der Waals surface area contributed by atoms with Gasteiger partial charge in [-0.25, -0.2) is 9.78 Å². The van der Waals surface area contributed by atoms with E-state index in [4.69, 9.17) is 9.52 Å². The molecule has 8 heteroatoms. The van der Waals surface area contributed by atoms with Crippen molar-refractivity contribution in [3.05, 3.63) is 45.8 Å². The van der Waals surface area contributed by atoms with Crippen molar-refractivity contribution in [2.45, 2.75) is 17.0 Å². The molecule has 7 nitrogen and oxygen atoms in total. The van der Waals surface area contributed by atoms with E-state index in [0.717, 1.165) is 17.8 Å². The molecule has 0 amide bonds. The van der Waals surface area contributed by atoms with Crippen LogP contribution in [0.5, 0.6) is 0 Å². The molecule has 1 aromatic carbocycles. The molecule has 1 aromatic heterocycles. The van der Waals surface area contributed by atoms with Gasteiger partial charge in [-0.3, -0.25) is 10.1 Å². The van der Waals surface area contributed by atoms with Gasteiger partial charge in [0.25, 0.3) is 10.9 Å². The first-order valence-electron chi connectivity index (χ1n) is 5.09. The number of aromatic carboxylic acids is 1. The Bertz CT molecular complexity index is 652. The Morgan fingerprint density at radius 2 is 2.26 bits per heavy atom. The molecule has 0 atom stereocenters. The summed E-state index contributed by atoms with van der Waals surface area (Å²) in [5.74, 6) is -1.22. The standard InChI is InChI=1S/C11H8N2O5S/c1-6-5-18-11(12-6)19-9-3-2-7(10(14)15)4-8(9)13(16)17/h2-5H,1H3,(H,14,15). The largest absolute Gasteiger partial charge is 0.478 e. The van der Waals surface area contributed by atoms with Crippen LogP contribution in [0.15, 0.2) is 39.0 Å². The van der Waals surface area contributed by atoms with Crippen molar-refractivity contribution >= 4 is 23.4 Å². The number of nitro benzene ring substituents is 1. The summed E-state index contributed by atoms with van der Waals surface area (Å²) in [5, 5.41) is 20.0. The third-order valence-corrected chi connectivity index (χ3v) is 3.13. The summed E-state index contributed by atoms with van der Waals surface area (Å²) >= 11 is 0.971. The molecule has 0 bridgehead atoms. The fourth-order valence-electron chi connectivity index (χ4n) is 1.35. The van der Waals surface area contributed by atoms with Crippen LogP contribution in [0, 0.1) is 17.0 Å². The van der Waals surface area contributed by atoms with Gasteiger partial charge in [0.1, 0.15) is 6.26 Å². The summed E-state index contributed by atoms with van der Waals surface area (Å²) < 4.78 is 5.09. The molecule has 2 aromatic rings. The Kier molecular flexibility index (Phi) is 3.52. The van der Waals surface area contributed by atoms with E-state index in [1.165, 1.54) is 18.4 Å². The normalized spacial score (nSPS) is 10.4.